The zero-order valence-corrected chi connectivity index (χ0v) is 13.3. The molecule has 0 N–H and O–H groups in total. The van der Waals surface area contributed by atoms with Gasteiger partial charge in [0.05, 0.1) is 18.4 Å². The first-order valence-corrected chi connectivity index (χ1v) is 7.91. The van der Waals surface area contributed by atoms with Gasteiger partial charge in [0, 0.05) is 19.2 Å². The normalized spacial score (nSPS) is 25.6. The van der Waals surface area contributed by atoms with Crippen molar-refractivity contribution in [2.45, 2.75) is 52.1 Å². The van der Waals surface area contributed by atoms with E-state index in [-0.39, 0.29) is 18.5 Å². The molecule has 1 saturated carbocycles. The number of imidazole rings is 1. The first-order chi connectivity index (χ1) is 10.1. The van der Waals surface area contributed by atoms with Gasteiger partial charge in [-0.1, -0.05) is 26.0 Å². The summed E-state index contributed by atoms with van der Waals surface area (Å²) in [6.07, 6.45) is 12.5. The summed E-state index contributed by atoms with van der Waals surface area (Å²) in [7, 11) is 1.90. The minimum Gasteiger partial charge on any atom is -0.462 e. The van der Waals surface area contributed by atoms with Crippen LogP contribution in [0.4, 0.5) is 0 Å². The molecule has 4 heteroatoms. The maximum atomic E-state index is 12.1. The van der Waals surface area contributed by atoms with E-state index >= 15 is 0 Å². The molecule has 1 aromatic heterocycles. The smallest absolute Gasteiger partial charge is 0.312 e. The molecule has 1 aliphatic carbocycles. The van der Waals surface area contributed by atoms with Crippen molar-refractivity contribution in [2.75, 3.05) is 0 Å². The van der Waals surface area contributed by atoms with Crippen molar-refractivity contribution in [1.29, 1.82) is 0 Å². The Morgan fingerprint density at radius 2 is 2.29 bits per heavy atom. The Hall–Kier alpha value is -1.58. The minimum atomic E-state index is -0.155. The van der Waals surface area contributed by atoms with Crippen molar-refractivity contribution in [1.82, 2.24) is 9.55 Å². The number of esters is 1. The second-order valence-corrected chi connectivity index (χ2v) is 6.07. The molecule has 0 aliphatic heterocycles. The molecule has 2 rings (SSSR count). The number of rotatable bonds is 6. The number of aromatic nitrogens is 2. The standard InChI is InChI=1S/C17H26N2O2/c1-4-5-6-7-15-13(2)8-9-16(15)21-17(20)10-14-11-19(3)12-18-14/h5-6,11-13,15-16H,4,7-10H2,1-3H3/b6-5-. The highest BCUT2D eigenvalue weighted by atomic mass is 16.5. The van der Waals surface area contributed by atoms with E-state index in [0.29, 0.717) is 11.8 Å². The monoisotopic (exact) mass is 290 g/mol. The van der Waals surface area contributed by atoms with Crippen molar-refractivity contribution in [2.24, 2.45) is 18.9 Å². The van der Waals surface area contributed by atoms with Crippen LogP contribution in [0.25, 0.3) is 0 Å². The SMILES string of the molecule is CC/C=C\CC1C(C)CCC1OC(=O)Cc1cn(C)cn1. The number of allylic oxidation sites excluding steroid dienone is 2. The molecule has 0 saturated heterocycles. The van der Waals surface area contributed by atoms with Crippen LogP contribution in [-0.2, 0) is 23.0 Å². The third kappa shape index (κ3) is 4.45. The predicted molar refractivity (Wildman–Crippen MR) is 82.7 cm³/mol. The van der Waals surface area contributed by atoms with Crippen LogP contribution >= 0.6 is 0 Å². The number of hydrogen-bond acceptors (Lipinski definition) is 3. The Bertz CT molecular complexity index is 493. The zero-order valence-electron chi connectivity index (χ0n) is 13.3. The van der Waals surface area contributed by atoms with Gasteiger partial charge in [0.25, 0.3) is 0 Å². The fourth-order valence-corrected chi connectivity index (χ4v) is 3.09. The number of carbonyl (C=O) groups excluding carboxylic acids is 1. The highest BCUT2D eigenvalue weighted by Gasteiger charge is 2.35. The molecule has 21 heavy (non-hydrogen) atoms. The van der Waals surface area contributed by atoms with Crippen molar-refractivity contribution in [3.63, 3.8) is 0 Å². The summed E-state index contributed by atoms with van der Waals surface area (Å²) in [5.41, 5.74) is 0.774. The summed E-state index contributed by atoms with van der Waals surface area (Å²) in [6.45, 7) is 4.40. The van der Waals surface area contributed by atoms with Gasteiger partial charge in [0.1, 0.15) is 6.10 Å². The fraction of sp³-hybridized carbons (Fsp3) is 0.647. The van der Waals surface area contributed by atoms with Crippen LogP contribution in [0.1, 0.15) is 45.2 Å². The maximum absolute atomic E-state index is 12.1. The number of nitrogens with zero attached hydrogens (tertiary/aromatic N) is 2. The molecule has 116 valence electrons. The fourth-order valence-electron chi connectivity index (χ4n) is 3.09. The summed E-state index contributed by atoms with van der Waals surface area (Å²) in [5.74, 6) is 0.928. The van der Waals surface area contributed by atoms with Gasteiger partial charge >= 0.3 is 5.97 Å². The Morgan fingerprint density at radius 1 is 1.48 bits per heavy atom. The van der Waals surface area contributed by atoms with E-state index in [1.165, 1.54) is 0 Å². The van der Waals surface area contributed by atoms with Crippen molar-refractivity contribution in [3.05, 3.63) is 30.4 Å². The highest BCUT2D eigenvalue weighted by Crippen LogP contribution is 2.36. The summed E-state index contributed by atoms with van der Waals surface area (Å²) < 4.78 is 7.56. The van der Waals surface area contributed by atoms with Crippen LogP contribution in [-0.4, -0.2) is 21.6 Å². The molecule has 3 unspecified atom stereocenters. The first kappa shape index (κ1) is 15.8. The zero-order chi connectivity index (χ0) is 15.2. The highest BCUT2D eigenvalue weighted by molar-refractivity contribution is 5.72. The Morgan fingerprint density at radius 3 is 2.95 bits per heavy atom. The number of carbonyl (C=O) groups is 1. The maximum Gasteiger partial charge on any atom is 0.312 e. The van der Waals surface area contributed by atoms with E-state index in [9.17, 15) is 4.79 Å². The molecule has 3 atom stereocenters. The van der Waals surface area contributed by atoms with E-state index < -0.39 is 0 Å². The summed E-state index contributed by atoms with van der Waals surface area (Å²) in [5, 5.41) is 0. The van der Waals surface area contributed by atoms with Crippen LogP contribution in [0.2, 0.25) is 0 Å². The molecule has 0 aromatic carbocycles. The van der Waals surface area contributed by atoms with Gasteiger partial charge in [-0.25, -0.2) is 4.98 Å². The predicted octanol–water partition coefficient (Wildman–Crippen LogP) is 3.28. The third-order valence-corrected chi connectivity index (χ3v) is 4.29. The minimum absolute atomic E-state index is 0.0673. The lowest BCUT2D eigenvalue weighted by molar-refractivity contribution is -0.150. The Kier molecular flexibility index (Phi) is 5.59. The average Bonchev–Trinajstić information content (AvgIpc) is 2.98. The number of ether oxygens (including phenoxy) is 1. The molecular weight excluding hydrogens is 264 g/mol. The molecule has 0 spiro atoms. The second kappa shape index (κ2) is 7.43. The molecular formula is C17H26N2O2. The Balaban J connectivity index is 1.87. The lowest BCUT2D eigenvalue weighted by Gasteiger charge is -2.21. The Labute approximate surface area is 127 Å². The van der Waals surface area contributed by atoms with E-state index in [2.05, 4.69) is 31.0 Å². The van der Waals surface area contributed by atoms with Crippen LogP contribution < -0.4 is 0 Å². The van der Waals surface area contributed by atoms with Gasteiger partial charge in [0.15, 0.2) is 0 Å². The lowest BCUT2D eigenvalue weighted by Crippen LogP contribution is -2.25. The largest absolute Gasteiger partial charge is 0.462 e. The molecule has 1 heterocycles. The molecule has 1 fully saturated rings. The topological polar surface area (TPSA) is 44.1 Å². The van der Waals surface area contributed by atoms with Crippen molar-refractivity contribution >= 4 is 5.97 Å². The molecule has 1 aliphatic rings. The molecule has 0 bridgehead atoms. The van der Waals surface area contributed by atoms with E-state index in [1.54, 1.807) is 6.33 Å². The van der Waals surface area contributed by atoms with Crippen molar-refractivity contribution < 1.29 is 9.53 Å². The second-order valence-electron chi connectivity index (χ2n) is 6.07. The first-order valence-electron chi connectivity index (χ1n) is 7.91. The molecule has 0 radical (unpaired) electrons. The molecule has 4 nitrogen and oxygen atoms in total. The summed E-state index contributed by atoms with van der Waals surface area (Å²) in [6, 6.07) is 0. The third-order valence-electron chi connectivity index (χ3n) is 4.29. The number of aryl methyl sites for hydroxylation is 1. The van der Waals surface area contributed by atoms with E-state index in [4.69, 9.17) is 4.74 Å². The summed E-state index contributed by atoms with van der Waals surface area (Å²) >= 11 is 0. The van der Waals surface area contributed by atoms with E-state index in [0.717, 1.165) is 31.4 Å². The summed E-state index contributed by atoms with van der Waals surface area (Å²) in [4.78, 5) is 16.2. The van der Waals surface area contributed by atoms with Gasteiger partial charge in [-0.2, -0.15) is 0 Å². The van der Waals surface area contributed by atoms with Crippen LogP contribution in [0.5, 0.6) is 0 Å². The molecule has 0 amide bonds. The van der Waals surface area contributed by atoms with Gasteiger partial charge in [0.2, 0.25) is 0 Å². The average molecular weight is 290 g/mol. The van der Waals surface area contributed by atoms with Gasteiger partial charge in [-0.05, 0) is 31.6 Å². The lowest BCUT2D eigenvalue weighted by atomic mass is 9.93. The van der Waals surface area contributed by atoms with Gasteiger partial charge in [-0.3, -0.25) is 4.79 Å². The van der Waals surface area contributed by atoms with Crippen LogP contribution in [0.15, 0.2) is 24.7 Å². The van der Waals surface area contributed by atoms with Gasteiger partial charge in [-0.15, -0.1) is 0 Å². The quantitative estimate of drug-likeness (QED) is 0.596. The number of hydrogen-bond donors (Lipinski definition) is 0. The molecule has 1 aromatic rings. The van der Waals surface area contributed by atoms with Crippen molar-refractivity contribution in [3.8, 4) is 0 Å². The van der Waals surface area contributed by atoms with E-state index in [1.807, 2.05) is 17.8 Å². The van der Waals surface area contributed by atoms with Crippen LogP contribution in [0, 0.1) is 11.8 Å². The van der Waals surface area contributed by atoms with Gasteiger partial charge < -0.3 is 9.30 Å². The van der Waals surface area contributed by atoms with Crippen LogP contribution in [0.3, 0.4) is 0 Å².